The summed E-state index contributed by atoms with van der Waals surface area (Å²) in [6.45, 7) is 1.82. The fraction of sp³-hybridized carbons (Fsp3) is 0.615. The summed E-state index contributed by atoms with van der Waals surface area (Å²) < 4.78 is 5.64. The van der Waals surface area contributed by atoms with Crippen molar-refractivity contribution in [2.75, 3.05) is 26.8 Å². The van der Waals surface area contributed by atoms with Crippen LogP contribution >= 0.6 is 15.9 Å². The van der Waals surface area contributed by atoms with E-state index in [2.05, 4.69) is 25.9 Å². The Labute approximate surface area is 121 Å². The zero-order valence-corrected chi connectivity index (χ0v) is 12.6. The van der Waals surface area contributed by atoms with E-state index in [0.29, 0.717) is 5.92 Å². The molecule has 19 heavy (non-hydrogen) atoms. The van der Waals surface area contributed by atoms with Crippen LogP contribution in [0, 0.1) is 5.92 Å². The van der Waals surface area contributed by atoms with Crippen LogP contribution in [0.1, 0.15) is 18.5 Å². The molecule has 1 amide bonds. The number of rotatable bonds is 4. The molecular weight excluding hydrogens is 310 g/mol. The quantitative estimate of drug-likeness (QED) is 0.844. The first kappa shape index (κ1) is 14.4. The SMILES string of the molecule is COCC(=O)N1CCC(Cc2cnc(Br)cn2)CC1. The smallest absolute Gasteiger partial charge is 0.248 e. The number of ether oxygens (including phenoxy) is 1. The number of hydrogen-bond donors (Lipinski definition) is 0. The Kier molecular flexibility index (Phi) is 5.27. The molecular formula is C13H18BrN3O2. The highest BCUT2D eigenvalue weighted by molar-refractivity contribution is 9.10. The zero-order valence-electron chi connectivity index (χ0n) is 11.0. The second kappa shape index (κ2) is 6.96. The summed E-state index contributed by atoms with van der Waals surface area (Å²) in [6, 6.07) is 0. The number of methoxy groups -OCH3 is 1. The highest BCUT2D eigenvalue weighted by atomic mass is 79.9. The summed E-state index contributed by atoms with van der Waals surface area (Å²) in [7, 11) is 1.55. The first-order valence-corrected chi connectivity index (χ1v) is 7.21. The molecule has 1 aliphatic heterocycles. The van der Waals surface area contributed by atoms with Crippen molar-refractivity contribution in [3.8, 4) is 0 Å². The predicted molar refractivity (Wildman–Crippen MR) is 74.6 cm³/mol. The molecule has 1 aliphatic rings. The van der Waals surface area contributed by atoms with Crippen LogP contribution in [0.3, 0.4) is 0 Å². The van der Waals surface area contributed by atoms with E-state index in [4.69, 9.17) is 4.74 Å². The first-order chi connectivity index (χ1) is 9.19. The molecule has 104 valence electrons. The summed E-state index contributed by atoms with van der Waals surface area (Å²) in [6.07, 6.45) is 6.52. The van der Waals surface area contributed by atoms with Crippen LogP contribution in [-0.2, 0) is 16.0 Å². The summed E-state index contributed by atoms with van der Waals surface area (Å²) >= 11 is 3.28. The maximum absolute atomic E-state index is 11.7. The molecule has 0 atom stereocenters. The lowest BCUT2D eigenvalue weighted by molar-refractivity contribution is -0.136. The van der Waals surface area contributed by atoms with E-state index in [-0.39, 0.29) is 12.5 Å². The molecule has 0 bridgehead atoms. The van der Waals surface area contributed by atoms with E-state index < -0.39 is 0 Å². The number of carbonyl (C=O) groups is 1. The molecule has 1 aromatic heterocycles. The third-order valence-corrected chi connectivity index (χ3v) is 3.82. The molecule has 5 nitrogen and oxygen atoms in total. The molecule has 2 heterocycles. The van der Waals surface area contributed by atoms with Gasteiger partial charge in [-0.1, -0.05) is 0 Å². The summed E-state index contributed by atoms with van der Waals surface area (Å²) in [5.41, 5.74) is 1.02. The van der Waals surface area contributed by atoms with Gasteiger partial charge in [-0.3, -0.25) is 9.78 Å². The van der Waals surface area contributed by atoms with Crippen molar-refractivity contribution >= 4 is 21.8 Å². The Balaban J connectivity index is 1.80. The first-order valence-electron chi connectivity index (χ1n) is 6.42. The fourth-order valence-corrected chi connectivity index (χ4v) is 2.55. The number of aromatic nitrogens is 2. The van der Waals surface area contributed by atoms with Gasteiger partial charge in [0.1, 0.15) is 11.2 Å². The van der Waals surface area contributed by atoms with Crippen LogP contribution in [0.25, 0.3) is 0 Å². The number of likely N-dealkylation sites (tertiary alicyclic amines) is 1. The average molecular weight is 328 g/mol. The van der Waals surface area contributed by atoms with Crippen LogP contribution in [0.15, 0.2) is 17.0 Å². The van der Waals surface area contributed by atoms with Crippen molar-refractivity contribution < 1.29 is 9.53 Å². The van der Waals surface area contributed by atoms with Crippen molar-refractivity contribution in [3.63, 3.8) is 0 Å². The van der Waals surface area contributed by atoms with E-state index in [0.717, 1.165) is 42.6 Å². The second-order valence-corrected chi connectivity index (χ2v) is 5.60. The molecule has 0 aliphatic carbocycles. The van der Waals surface area contributed by atoms with Crippen LogP contribution in [0.4, 0.5) is 0 Å². The minimum Gasteiger partial charge on any atom is -0.375 e. The monoisotopic (exact) mass is 327 g/mol. The molecule has 0 spiro atoms. The lowest BCUT2D eigenvalue weighted by atomic mass is 9.92. The van der Waals surface area contributed by atoms with Gasteiger partial charge in [0.25, 0.3) is 0 Å². The van der Waals surface area contributed by atoms with Crippen LogP contribution < -0.4 is 0 Å². The van der Waals surface area contributed by atoms with Gasteiger partial charge in [0, 0.05) is 26.4 Å². The van der Waals surface area contributed by atoms with Gasteiger partial charge in [-0.15, -0.1) is 0 Å². The van der Waals surface area contributed by atoms with E-state index >= 15 is 0 Å². The standard InChI is InChI=1S/C13H18BrN3O2/c1-19-9-13(18)17-4-2-10(3-5-17)6-11-7-16-12(14)8-15-11/h7-8,10H,2-6,9H2,1H3. The minimum atomic E-state index is 0.0874. The average Bonchev–Trinajstić information content (AvgIpc) is 2.42. The maximum atomic E-state index is 11.7. The number of piperidine rings is 1. The van der Waals surface area contributed by atoms with Crippen LogP contribution in [-0.4, -0.2) is 47.6 Å². The topological polar surface area (TPSA) is 55.3 Å². The molecule has 0 unspecified atom stereocenters. The Morgan fingerprint density at radius 1 is 1.42 bits per heavy atom. The van der Waals surface area contributed by atoms with E-state index in [1.54, 1.807) is 13.3 Å². The highest BCUT2D eigenvalue weighted by Crippen LogP contribution is 2.21. The normalized spacial score (nSPS) is 16.6. The van der Waals surface area contributed by atoms with Crippen LogP contribution in [0.2, 0.25) is 0 Å². The third-order valence-electron chi connectivity index (χ3n) is 3.41. The molecule has 0 radical (unpaired) electrons. The number of halogens is 1. The molecule has 0 aromatic carbocycles. The van der Waals surface area contributed by atoms with Gasteiger partial charge >= 0.3 is 0 Å². The molecule has 6 heteroatoms. The lowest BCUT2D eigenvalue weighted by Gasteiger charge is -2.31. The molecule has 1 saturated heterocycles. The maximum Gasteiger partial charge on any atom is 0.248 e. The number of hydrogen-bond acceptors (Lipinski definition) is 4. The summed E-state index contributed by atoms with van der Waals surface area (Å²) in [4.78, 5) is 22.1. The van der Waals surface area contributed by atoms with Gasteiger partial charge in [-0.25, -0.2) is 4.98 Å². The molecule has 1 fully saturated rings. The van der Waals surface area contributed by atoms with Crippen molar-refractivity contribution in [1.29, 1.82) is 0 Å². The van der Waals surface area contributed by atoms with Crippen molar-refractivity contribution in [2.24, 2.45) is 5.92 Å². The van der Waals surface area contributed by atoms with Gasteiger partial charge < -0.3 is 9.64 Å². The number of carbonyl (C=O) groups excluding carboxylic acids is 1. The Hall–Kier alpha value is -1.01. The fourth-order valence-electron chi connectivity index (χ4n) is 2.34. The van der Waals surface area contributed by atoms with Gasteiger partial charge in [0.05, 0.1) is 11.9 Å². The lowest BCUT2D eigenvalue weighted by Crippen LogP contribution is -2.40. The predicted octanol–water partition coefficient (Wildman–Crippen LogP) is 1.67. The second-order valence-electron chi connectivity index (χ2n) is 4.79. The van der Waals surface area contributed by atoms with E-state index in [9.17, 15) is 4.79 Å². The Morgan fingerprint density at radius 3 is 2.74 bits per heavy atom. The van der Waals surface area contributed by atoms with Gasteiger partial charge in [-0.2, -0.15) is 0 Å². The van der Waals surface area contributed by atoms with Gasteiger partial charge in [-0.05, 0) is 41.1 Å². The molecule has 0 saturated carbocycles. The van der Waals surface area contributed by atoms with Gasteiger partial charge in [0.2, 0.25) is 5.91 Å². The zero-order chi connectivity index (χ0) is 13.7. The summed E-state index contributed by atoms with van der Waals surface area (Å²) in [5.74, 6) is 0.673. The van der Waals surface area contributed by atoms with E-state index in [1.807, 2.05) is 11.1 Å². The Morgan fingerprint density at radius 2 is 2.16 bits per heavy atom. The van der Waals surface area contributed by atoms with Crippen molar-refractivity contribution in [1.82, 2.24) is 14.9 Å². The molecule has 2 rings (SSSR count). The van der Waals surface area contributed by atoms with Crippen molar-refractivity contribution in [3.05, 3.63) is 22.7 Å². The number of amides is 1. The number of nitrogens with zero attached hydrogens (tertiary/aromatic N) is 3. The minimum absolute atomic E-state index is 0.0874. The Bertz CT molecular complexity index is 416. The van der Waals surface area contributed by atoms with Gasteiger partial charge in [0.15, 0.2) is 0 Å². The molecule has 1 aromatic rings. The highest BCUT2D eigenvalue weighted by Gasteiger charge is 2.22. The molecule has 0 N–H and O–H groups in total. The van der Waals surface area contributed by atoms with Crippen LogP contribution in [0.5, 0.6) is 0 Å². The third kappa shape index (κ3) is 4.24. The largest absolute Gasteiger partial charge is 0.375 e. The van der Waals surface area contributed by atoms with Crippen molar-refractivity contribution in [2.45, 2.75) is 19.3 Å². The summed E-state index contributed by atoms with van der Waals surface area (Å²) in [5, 5.41) is 0. The van der Waals surface area contributed by atoms with E-state index in [1.165, 1.54) is 0 Å².